The Kier molecular flexibility index (Phi) is 5.18. The van der Waals surface area contributed by atoms with Crippen LogP contribution in [0.5, 0.6) is 0 Å². The molecular weight excluding hydrogens is 250 g/mol. The van der Waals surface area contributed by atoms with E-state index in [2.05, 4.69) is 60.2 Å². The molecule has 0 saturated heterocycles. The summed E-state index contributed by atoms with van der Waals surface area (Å²) < 4.78 is 5.62. The maximum Gasteiger partial charge on any atom is 0.302 e. The molecule has 1 aromatic carbocycles. The van der Waals surface area contributed by atoms with Crippen molar-refractivity contribution >= 4 is 11.7 Å². The van der Waals surface area contributed by atoms with Gasteiger partial charge >= 0.3 is 6.01 Å². The first kappa shape index (κ1) is 14.6. The second-order valence-electron chi connectivity index (χ2n) is 4.88. The standard InChI is InChI=1S/C16H23N3O/c1-4-9-17-11-14-12-20-16(18-14)19(5-2)15-8-6-7-13(3)10-15/h6-8,10,12,17H,4-5,9,11H2,1-3H3. The zero-order valence-electron chi connectivity index (χ0n) is 12.5. The van der Waals surface area contributed by atoms with Crippen LogP contribution in [0.2, 0.25) is 0 Å². The summed E-state index contributed by atoms with van der Waals surface area (Å²) in [6, 6.07) is 9.03. The number of anilines is 2. The maximum absolute atomic E-state index is 5.62. The van der Waals surface area contributed by atoms with Crippen LogP contribution in [0.4, 0.5) is 11.7 Å². The number of aryl methyl sites for hydroxylation is 1. The van der Waals surface area contributed by atoms with E-state index in [1.807, 2.05) is 0 Å². The molecule has 20 heavy (non-hydrogen) atoms. The Balaban J connectivity index is 2.12. The SMILES string of the molecule is CCCNCc1coc(N(CC)c2cccc(C)c2)n1. The van der Waals surface area contributed by atoms with Crippen molar-refractivity contribution in [2.45, 2.75) is 33.7 Å². The molecule has 1 N–H and O–H groups in total. The Morgan fingerprint density at radius 1 is 1.30 bits per heavy atom. The van der Waals surface area contributed by atoms with Crippen LogP contribution in [-0.2, 0) is 6.54 Å². The van der Waals surface area contributed by atoms with E-state index in [4.69, 9.17) is 4.42 Å². The van der Waals surface area contributed by atoms with Crippen LogP contribution in [0.1, 0.15) is 31.5 Å². The highest BCUT2D eigenvalue weighted by Crippen LogP contribution is 2.25. The molecule has 0 radical (unpaired) electrons. The fraction of sp³-hybridized carbons (Fsp3) is 0.438. The Morgan fingerprint density at radius 2 is 2.15 bits per heavy atom. The van der Waals surface area contributed by atoms with Crippen LogP contribution in [-0.4, -0.2) is 18.1 Å². The van der Waals surface area contributed by atoms with Gasteiger partial charge in [-0.1, -0.05) is 19.1 Å². The minimum absolute atomic E-state index is 0.659. The lowest BCUT2D eigenvalue weighted by Crippen LogP contribution is -2.17. The molecule has 108 valence electrons. The Hall–Kier alpha value is -1.81. The topological polar surface area (TPSA) is 41.3 Å². The number of nitrogens with one attached hydrogen (secondary N) is 1. The van der Waals surface area contributed by atoms with Gasteiger partial charge in [-0.15, -0.1) is 0 Å². The highest BCUT2D eigenvalue weighted by molar-refractivity contribution is 5.57. The Bertz CT molecular complexity index is 536. The van der Waals surface area contributed by atoms with Gasteiger partial charge in [0.25, 0.3) is 0 Å². The van der Waals surface area contributed by atoms with Gasteiger partial charge in [0.2, 0.25) is 0 Å². The summed E-state index contributed by atoms with van der Waals surface area (Å²) >= 11 is 0. The normalized spacial score (nSPS) is 10.8. The molecule has 0 aliphatic heterocycles. The molecule has 0 atom stereocenters. The van der Waals surface area contributed by atoms with E-state index in [1.165, 1.54) is 5.56 Å². The predicted molar refractivity (Wildman–Crippen MR) is 82.4 cm³/mol. The van der Waals surface area contributed by atoms with Crippen molar-refractivity contribution in [3.8, 4) is 0 Å². The lowest BCUT2D eigenvalue weighted by atomic mass is 10.2. The predicted octanol–water partition coefficient (Wildman–Crippen LogP) is 3.64. The van der Waals surface area contributed by atoms with Crippen molar-refractivity contribution in [1.82, 2.24) is 10.3 Å². The molecule has 0 amide bonds. The minimum atomic E-state index is 0.659. The fourth-order valence-electron chi connectivity index (χ4n) is 2.12. The summed E-state index contributed by atoms with van der Waals surface area (Å²) in [7, 11) is 0. The Labute approximate surface area is 120 Å². The second-order valence-corrected chi connectivity index (χ2v) is 4.88. The van der Waals surface area contributed by atoms with E-state index in [9.17, 15) is 0 Å². The molecular formula is C16H23N3O. The molecule has 0 unspecified atom stereocenters. The number of benzene rings is 1. The molecule has 0 spiro atoms. The molecule has 4 nitrogen and oxygen atoms in total. The molecule has 2 rings (SSSR count). The van der Waals surface area contributed by atoms with Crippen molar-refractivity contribution in [2.75, 3.05) is 18.0 Å². The van der Waals surface area contributed by atoms with Gasteiger partial charge in [0.1, 0.15) is 6.26 Å². The van der Waals surface area contributed by atoms with E-state index in [0.717, 1.165) is 37.4 Å². The summed E-state index contributed by atoms with van der Waals surface area (Å²) in [5, 5.41) is 3.33. The van der Waals surface area contributed by atoms with E-state index >= 15 is 0 Å². The summed E-state index contributed by atoms with van der Waals surface area (Å²) in [6.07, 6.45) is 2.85. The molecule has 1 heterocycles. The number of nitrogens with zero attached hydrogens (tertiary/aromatic N) is 2. The maximum atomic E-state index is 5.62. The molecule has 2 aromatic rings. The van der Waals surface area contributed by atoms with Crippen LogP contribution in [0, 0.1) is 6.92 Å². The number of aromatic nitrogens is 1. The third kappa shape index (κ3) is 3.61. The first-order chi connectivity index (χ1) is 9.74. The molecule has 4 heteroatoms. The molecule has 0 bridgehead atoms. The van der Waals surface area contributed by atoms with Gasteiger partial charge in [0, 0.05) is 18.8 Å². The summed E-state index contributed by atoms with van der Waals surface area (Å²) in [6.45, 7) is 8.92. The smallest absolute Gasteiger partial charge is 0.302 e. The highest BCUT2D eigenvalue weighted by Gasteiger charge is 2.13. The van der Waals surface area contributed by atoms with Crippen molar-refractivity contribution in [3.05, 3.63) is 41.8 Å². The minimum Gasteiger partial charge on any atom is -0.431 e. The molecule has 0 aliphatic rings. The first-order valence-corrected chi connectivity index (χ1v) is 7.24. The Morgan fingerprint density at radius 3 is 2.85 bits per heavy atom. The molecule has 0 saturated carbocycles. The van der Waals surface area contributed by atoms with E-state index < -0.39 is 0 Å². The zero-order chi connectivity index (χ0) is 14.4. The van der Waals surface area contributed by atoms with Gasteiger partial charge in [0.15, 0.2) is 0 Å². The van der Waals surface area contributed by atoms with Crippen molar-refractivity contribution < 1.29 is 4.42 Å². The van der Waals surface area contributed by atoms with Crippen molar-refractivity contribution in [1.29, 1.82) is 0 Å². The van der Waals surface area contributed by atoms with Gasteiger partial charge < -0.3 is 9.73 Å². The molecule has 1 aromatic heterocycles. The summed E-state index contributed by atoms with van der Waals surface area (Å²) in [4.78, 5) is 6.64. The van der Waals surface area contributed by atoms with Crippen LogP contribution >= 0.6 is 0 Å². The summed E-state index contributed by atoms with van der Waals surface area (Å²) in [5.74, 6) is 0. The molecule has 0 fully saturated rings. The van der Waals surface area contributed by atoms with Crippen molar-refractivity contribution in [3.63, 3.8) is 0 Å². The third-order valence-electron chi connectivity index (χ3n) is 3.13. The lowest BCUT2D eigenvalue weighted by molar-refractivity contribution is 0.552. The monoisotopic (exact) mass is 273 g/mol. The van der Waals surface area contributed by atoms with Crippen molar-refractivity contribution in [2.24, 2.45) is 0 Å². The number of oxazole rings is 1. The largest absolute Gasteiger partial charge is 0.431 e. The van der Waals surface area contributed by atoms with Crippen LogP contribution in [0.15, 0.2) is 34.9 Å². The summed E-state index contributed by atoms with van der Waals surface area (Å²) in [5.41, 5.74) is 3.29. The first-order valence-electron chi connectivity index (χ1n) is 7.24. The highest BCUT2D eigenvalue weighted by atomic mass is 16.4. The van der Waals surface area contributed by atoms with Crippen LogP contribution in [0.3, 0.4) is 0 Å². The average molecular weight is 273 g/mol. The third-order valence-corrected chi connectivity index (χ3v) is 3.13. The zero-order valence-corrected chi connectivity index (χ0v) is 12.5. The molecule has 0 aliphatic carbocycles. The number of rotatable bonds is 7. The van der Waals surface area contributed by atoms with Gasteiger partial charge in [-0.25, -0.2) is 0 Å². The second kappa shape index (κ2) is 7.10. The van der Waals surface area contributed by atoms with Gasteiger partial charge in [-0.05, 0) is 44.5 Å². The van der Waals surface area contributed by atoms with Gasteiger partial charge in [-0.2, -0.15) is 4.98 Å². The lowest BCUT2D eigenvalue weighted by Gasteiger charge is -2.18. The average Bonchev–Trinajstić information content (AvgIpc) is 2.89. The van der Waals surface area contributed by atoms with Gasteiger partial charge in [-0.3, -0.25) is 4.90 Å². The van der Waals surface area contributed by atoms with E-state index in [-0.39, 0.29) is 0 Å². The number of hydrogen-bond acceptors (Lipinski definition) is 4. The van der Waals surface area contributed by atoms with E-state index in [0.29, 0.717) is 6.01 Å². The quantitative estimate of drug-likeness (QED) is 0.782. The fourth-order valence-corrected chi connectivity index (χ4v) is 2.12. The van der Waals surface area contributed by atoms with Gasteiger partial charge in [0.05, 0.1) is 5.69 Å². The number of hydrogen-bond donors (Lipinski definition) is 1. The van der Waals surface area contributed by atoms with Crippen LogP contribution < -0.4 is 10.2 Å². The van der Waals surface area contributed by atoms with E-state index in [1.54, 1.807) is 6.26 Å². The van der Waals surface area contributed by atoms with Crippen LogP contribution in [0.25, 0.3) is 0 Å².